The van der Waals surface area contributed by atoms with Gasteiger partial charge in [-0.15, -0.1) is 0 Å². The van der Waals surface area contributed by atoms with Crippen molar-refractivity contribution in [1.82, 2.24) is 5.32 Å². The molecule has 27 heavy (non-hydrogen) atoms. The number of hydrogen-bond donors (Lipinski definition) is 2. The highest BCUT2D eigenvalue weighted by atomic mass is 16.2. The summed E-state index contributed by atoms with van der Waals surface area (Å²) in [6, 6.07) is 9.04. The summed E-state index contributed by atoms with van der Waals surface area (Å²) in [5.74, 6) is -0.375. The number of nitrogens with two attached hydrogens (primary N) is 1. The van der Waals surface area contributed by atoms with E-state index in [-0.39, 0.29) is 5.91 Å². The average Bonchev–Trinajstić information content (AvgIpc) is 2.67. The summed E-state index contributed by atoms with van der Waals surface area (Å²) in [7, 11) is 0. The molecule has 0 saturated carbocycles. The number of nitrogens with zero attached hydrogens (tertiary/aromatic N) is 1. The van der Waals surface area contributed by atoms with E-state index in [0.29, 0.717) is 18.5 Å². The van der Waals surface area contributed by atoms with Crippen molar-refractivity contribution in [2.24, 2.45) is 10.7 Å². The number of nitrogens with one attached hydrogen (secondary N) is 1. The van der Waals surface area contributed by atoms with Gasteiger partial charge < -0.3 is 11.1 Å². The lowest BCUT2D eigenvalue weighted by molar-refractivity contribution is -0.114. The van der Waals surface area contributed by atoms with E-state index in [1.54, 1.807) is 0 Å². The van der Waals surface area contributed by atoms with E-state index in [9.17, 15) is 9.59 Å². The van der Waals surface area contributed by atoms with E-state index < -0.39 is 6.03 Å². The van der Waals surface area contributed by atoms with E-state index in [1.165, 1.54) is 6.21 Å². The predicted octanol–water partition coefficient (Wildman–Crippen LogP) is 4.76. The van der Waals surface area contributed by atoms with Crippen molar-refractivity contribution >= 4 is 18.2 Å². The Morgan fingerprint density at radius 3 is 2.22 bits per heavy atom. The van der Waals surface area contributed by atoms with Crippen molar-refractivity contribution in [2.75, 3.05) is 6.54 Å². The molecule has 148 valence electrons. The minimum atomic E-state index is -0.413. The Labute approximate surface area is 163 Å². The van der Waals surface area contributed by atoms with E-state index >= 15 is 0 Å². The van der Waals surface area contributed by atoms with Crippen LogP contribution in [0.4, 0.5) is 4.79 Å². The quantitative estimate of drug-likeness (QED) is 0.315. The molecular formula is C22H33N3O2. The van der Waals surface area contributed by atoms with Crippen LogP contribution >= 0.6 is 0 Å². The molecule has 0 saturated heterocycles. The molecule has 0 unspecified atom stereocenters. The lowest BCUT2D eigenvalue weighted by Crippen LogP contribution is -2.26. The third-order valence-electron chi connectivity index (χ3n) is 4.42. The Hall–Kier alpha value is -2.43. The van der Waals surface area contributed by atoms with Crippen molar-refractivity contribution in [2.45, 2.75) is 65.2 Å². The summed E-state index contributed by atoms with van der Waals surface area (Å²) in [5, 5.41) is 2.80. The molecule has 3 amide bonds. The normalized spacial score (nSPS) is 12.1. The molecule has 5 nitrogen and oxygen atoms in total. The number of urea groups is 1. The van der Waals surface area contributed by atoms with Crippen LogP contribution in [0.3, 0.4) is 0 Å². The molecule has 0 aliphatic rings. The van der Waals surface area contributed by atoms with E-state index in [4.69, 9.17) is 5.73 Å². The molecule has 0 bridgehead atoms. The number of aliphatic imine (C=N–C) groups is 1. The van der Waals surface area contributed by atoms with Gasteiger partial charge in [-0.25, -0.2) is 9.79 Å². The van der Waals surface area contributed by atoms with Gasteiger partial charge in [0.05, 0.1) is 0 Å². The fourth-order valence-corrected chi connectivity index (χ4v) is 2.86. The number of carbonyl (C=O) groups is 2. The maximum Gasteiger partial charge on any atom is 0.341 e. The first-order valence-corrected chi connectivity index (χ1v) is 9.96. The summed E-state index contributed by atoms with van der Waals surface area (Å²) >= 11 is 0. The summed E-state index contributed by atoms with van der Waals surface area (Å²) in [4.78, 5) is 27.9. The second-order valence-electron chi connectivity index (χ2n) is 6.69. The highest BCUT2D eigenvalue weighted by Crippen LogP contribution is 2.18. The standard InChI is InChI=1S/C22H33N3O2/c1-3-5-8-14-19(20(21(23)26)15-9-6-4-2)17-25-22(27)24-16-18-12-10-7-11-13-18/h7,10-13,16H,3-6,8-9,14-15,17H2,1-2H3,(H2,23,26)(H,25,27)/b20-19+,24-16?. The van der Waals surface area contributed by atoms with Crippen LogP contribution in [0, 0.1) is 0 Å². The van der Waals surface area contributed by atoms with Crippen LogP contribution in [0.15, 0.2) is 46.5 Å². The van der Waals surface area contributed by atoms with Gasteiger partial charge in [-0.3, -0.25) is 4.79 Å². The average molecular weight is 372 g/mol. The SMILES string of the molecule is CCCCC/C(CNC(=O)N=Cc1ccccc1)=C(/CCCCC)C(N)=O. The fraction of sp³-hybridized carbons (Fsp3) is 0.500. The van der Waals surface area contributed by atoms with Crippen molar-refractivity contribution in [3.8, 4) is 0 Å². The molecule has 0 heterocycles. The van der Waals surface area contributed by atoms with Gasteiger partial charge in [-0.1, -0.05) is 69.9 Å². The minimum Gasteiger partial charge on any atom is -0.366 e. The molecule has 0 fully saturated rings. The molecule has 1 aromatic rings. The number of primary amides is 1. The molecule has 0 spiro atoms. The van der Waals surface area contributed by atoms with Gasteiger partial charge in [-0.2, -0.15) is 0 Å². The molecule has 0 atom stereocenters. The molecule has 1 aromatic carbocycles. The summed E-state index contributed by atoms with van der Waals surface area (Å²) in [5.41, 5.74) is 8.10. The van der Waals surface area contributed by atoms with Crippen LogP contribution in [0.25, 0.3) is 0 Å². The van der Waals surface area contributed by atoms with Gasteiger partial charge in [0.25, 0.3) is 0 Å². The number of hydrogen-bond acceptors (Lipinski definition) is 2. The summed E-state index contributed by atoms with van der Waals surface area (Å²) < 4.78 is 0. The first kappa shape index (κ1) is 22.6. The molecular weight excluding hydrogens is 338 g/mol. The van der Waals surface area contributed by atoms with Crippen LogP contribution in [-0.2, 0) is 4.79 Å². The first-order chi connectivity index (χ1) is 13.1. The van der Waals surface area contributed by atoms with Gasteiger partial charge in [-0.05, 0) is 36.8 Å². The van der Waals surface area contributed by atoms with Gasteiger partial charge >= 0.3 is 6.03 Å². The monoisotopic (exact) mass is 371 g/mol. The topological polar surface area (TPSA) is 84.6 Å². The van der Waals surface area contributed by atoms with Gasteiger partial charge in [0, 0.05) is 18.3 Å². The number of rotatable bonds is 12. The van der Waals surface area contributed by atoms with Gasteiger partial charge in [0.2, 0.25) is 5.91 Å². The molecule has 0 radical (unpaired) electrons. The first-order valence-electron chi connectivity index (χ1n) is 9.96. The molecule has 3 N–H and O–H groups in total. The third kappa shape index (κ3) is 9.73. The lowest BCUT2D eigenvalue weighted by Gasteiger charge is -2.14. The Morgan fingerprint density at radius 1 is 1.00 bits per heavy atom. The van der Waals surface area contributed by atoms with Crippen LogP contribution in [0.1, 0.15) is 70.8 Å². The molecule has 0 aliphatic heterocycles. The zero-order valence-electron chi connectivity index (χ0n) is 16.7. The zero-order chi connectivity index (χ0) is 19.9. The number of amides is 3. The van der Waals surface area contributed by atoms with E-state index in [0.717, 1.165) is 56.1 Å². The van der Waals surface area contributed by atoms with Crippen LogP contribution < -0.4 is 11.1 Å². The fourth-order valence-electron chi connectivity index (χ4n) is 2.86. The van der Waals surface area contributed by atoms with Crippen molar-refractivity contribution < 1.29 is 9.59 Å². The molecule has 0 aromatic heterocycles. The molecule has 5 heteroatoms. The summed E-state index contributed by atoms with van der Waals surface area (Å²) in [6.07, 6.45) is 9.24. The maximum atomic E-state index is 12.1. The highest BCUT2D eigenvalue weighted by molar-refractivity contribution is 5.93. The third-order valence-corrected chi connectivity index (χ3v) is 4.42. The van der Waals surface area contributed by atoms with Crippen LogP contribution in [0.2, 0.25) is 0 Å². The number of carbonyl (C=O) groups excluding carboxylic acids is 2. The minimum absolute atomic E-state index is 0.319. The Kier molecular flexibility index (Phi) is 11.5. The van der Waals surface area contributed by atoms with E-state index in [2.05, 4.69) is 24.2 Å². The summed E-state index contributed by atoms with van der Waals surface area (Å²) in [6.45, 7) is 4.58. The van der Waals surface area contributed by atoms with Gasteiger partial charge in [0.15, 0.2) is 0 Å². The lowest BCUT2D eigenvalue weighted by atomic mass is 9.96. The predicted molar refractivity (Wildman–Crippen MR) is 112 cm³/mol. The van der Waals surface area contributed by atoms with Crippen LogP contribution in [-0.4, -0.2) is 24.7 Å². The Morgan fingerprint density at radius 2 is 1.63 bits per heavy atom. The smallest absolute Gasteiger partial charge is 0.341 e. The van der Waals surface area contributed by atoms with Crippen molar-refractivity contribution in [3.05, 3.63) is 47.0 Å². The zero-order valence-corrected chi connectivity index (χ0v) is 16.7. The van der Waals surface area contributed by atoms with E-state index in [1.807, 2.05) is 30.3 Å². The van der Waals surface area contributed by atoms with Crippen molar-refractivity contribution in [1.29, 1.82) is 0 Å². The largest absolute Gasteiger partial charge is 0.366 e. The van der Waals surface area contributed by atoms with Crippen molar-refractivity contribution in [3.63, 3.8) is 0 Å². The second kappa shape index (κ2) is 13.7. The van der Waals surface area contributed by atoms with Crippen LogP contribution in [0.5, 0.6) is 0 Å². The number of unbranched alkanes of at least 4 members (excludes halogenated alkanes) is 4. The number of benzene rings is 1. The maximum absolute atomic E-state index is 12.1. The molecule has 1 rings (SSSR count). The second-order valence-corrected chi connectivity index (χ2v) is 6.69. The highest BCUT2D eigenvalue weighted by Gasteiger charge is 2.13. The Balaban J connectivity index is 2.76. The molecule has 0 aliphatic carbocycles. The Bertz CT molecular complexity index is 636. The van der Waals surface area contributed by atoms with Gasteiger partial charge in [0.1, 0.15) is 0 Å².